The maximum Gasteiger partial charge on any atom is 0.0794 e. The number of hydrogen-bond donors (Lipinski definition) is 1. The van der Waals surface area contributed by atoms with Crippen molar-refractivity contribution in [3.63, 3.8) is 0 Å². The summed E-state index contributed by atoms with van der Waals surface area (Å²) in [6.45, 7) is 2.85. The van der Waals surface area contributed by atoms with E-state index in [9.17, 15) is 0 Å². The van der Waals surface area contributed by atoms with Gasteiger partial charge in [0.2, 0.25) is 0 Å². The molecule has 1 fully saturated rings. The van der Waals surface area contributed by atoms with Crippen LogP contribution < -0.4 is 5.32 Å². The van der Waals surface area contributed by atoms with Crippen molar-refractivity contribution < 1.29 is 4.74 Å². The molecule has 84 valence electrons. The van der Waals surface area contributed by atoms with Crippen LogP contribution in [0.4, 0.5) is 0 Å². The zero-order valence-electron chi connectivity index (χ0n) is 9.16. The van der Waals surface area contributed by atoms with Crippen molar-refractivity contribution in [3.05, 3.63) is 16.6 Å². The molecule has 0 aliphatic carbocycles. The van der Waals surface area contributed by atoms with Crippen LogP contribution in [0, 0.1) is 5.41 Å². The van der Waals surface area contributed by atoms with Crippen LogP contribution >= 0.6 is 11.3 Å². The standard InChI is InChI=1S/C11H18N2OS/c1-12-8-11(2-4-14-5-3-11)6-10-7-15-9-13-10/h7,9,12H,2-6,8H2,1H3. The van der Waals surface area contributed by atoms with Crippen LogP contribution in [0.2, 0.25) is 0 Å². The molecule has 1 aromatic heterocycles. The molecule has 1 aromatic rings. The van der Waals surface area contributed by atoms with Gasteiger partial charge < -0.3 is 10.1 Å². The van der Waals surface area contributed by atoms with Gasteiger partial charge in [0, 0.05) is 25.1 Å². The Labute approximate surface area is 94.9 Å². The van der Waals surface area contributed by atoms with E-state index >= 15 is 0 Å². The van der Waals surface area contributed by atoms with E-state index < -0.39 is 0 Å². The number of rotatable bonds is 4. The number of ether oxygens (including phenoxy) is 1. The first-order chi connectivity index (χ1) is 7.35. The van der Waals surface area contributed by atoms with E-state index in [4.69, 9.17) is 4.74 Å². The molecule has 0 atom stereocenters. The fourth-order valence-corrected chi connectivity index (χ4v) is 2.86. The summed E-state index contributed by atoms with van der Waals surface area (Å²) in [6, 6.07) is 0. The van der Waals surface area contributed by atoms with Crippen LogP contribution in [-0.2, 0) is 11.2 Å². The van der Waals surface area contributed by atoms with E-state index in [1.807, 2.05) is 12.6 Å². The monoisotopic (exact) mass is 226 g/mol. The second kappa shape index (κ2) is 5.05. The summed E-state index contributed by atoms with van der Waals surface area (Å²) in [6.07, 6.45) is 3.37. The van der Waals surface area contributed by atoms with Crippen molar-refractivity contribution >= 4 is 11.3 Å². The Bertz CT molecular complexity index is 275. The van der Waals surface area contributed by atoms with E-state index in [2.05, 4.69) is 15.7 Å². The molecule has 0 saturated carbocycles. The first-order valence-electron chi connectivity index (χ1n) is 5.44. The normalized spacial score (nSPS) is 20.3. The van der Waals surface area contributed by atoms with Crippen molar-refractivity contribution in [2.45, 2.75) is 19.3 Å². The molecule has 3 nitrogen and oxygen atoms in total. The molecule has 15 heavy (non-hydrogen) atoms. The molecule has 0 aromatic carbocycles. The van der Waals surface area contributed by atoms with Crippen LogP contribution in [0.15, 0.2) is 10.9 Å². The Balaban J connectivity index is 2.04. The lowest BCUT2D eigenvalue weighted by atomic mass is 9.76. The van der Waals surface area contributed by atoms with Crippen LogP contribution in [0.25, 0.3) is 0 Å². The summed E-state index contributed by atoms with van der Waals surface area (Å²) in [5, 5.41) is 5.47. The third-order valence-electron chi connectivity index (χ3n) is 3.14. The Morgan fingerprint density at radius 1 is 1.53 bits per heavy atom. The summed E-state index contributed by atoms with van der Waals surface area (Å²) in [5.74, 6) is 0. The van der Waals surface area contributed by atoms with Gasteiger partial charge in [-0.1, -0.05) is 0 Å². The molecule has 0 radical (unpaired) electrons. The maximum atomic E-state index is 5.44. The number of nitrogens with one attached hydrogen (secondary N) is 1. The van der Waals surface area contributed by atoms with E-state index in [0.717, 1.165) is 39.0 Å². The lowest BCUT2D eigenvalue weighted by Gasteiger charge is -2.36. The number of hydrogen-bond acceptors (Lipinski definition) is 4. The van der Waals surface area contributed by atoms with Gasteiger partial charge >= 0.3 is 0 Å². The van der Waals surface area contributed by atoms with E-state index in [1.165, 1.54) is 5.69 Å². The molecule has 0 bridgehead atoms. The minimum atomic E-state index is 0.362. The number of aromatic nitrogens is 1. The predicted octanol–water partition coefficient (Wildman–Crippen LogP) is 1.70. The summed E-state index contributed by atoms with van der Waals surface area (Å²) in [7, 11) is 2.03. The molecule has 1 N–H and O–H groups in total. The first-order valence-corrected chi connectivity index (χ1v) is 6.38. The van der Waals surface area contributed by atoms with Gasteiger partial charge in [0.15, 0.2) is 0 Å². The van der Waals surface area contributed by atoms with Gasteiger partial charge in [-0.15, -0.1) is 11.3 Å². The second-order valence-electron chi connectivity index (χ2n) is 4.30. The first kappa shape index (κ1) is 11.0. The van der Waals surface area contributed by atoms with Gasteiger partial charge in [-0.3, -0.25) is 0 Å². The van der Waals surface area contributed by atoms with Crippen LogP contribution in [0.5, 0.6) is 0 Å². The lowest BCUT2D eigenvalue weighted by molar-refractivity contribution is 0.0154. The molecule has 1 saturated heterocycles. The quantitative estimate of drug-likeness (QED) is 0.848. The average Bonchev–Trinajstić information content (AvgIpc) is 2.72. The highest BCUT2D eigenvalue weighted by Crippen LogP contribution is 2.33. The highest BCUT2D eigenvalue weighted by molar-refractivity contribution is 7.07. The van der Waals surface area contributed by atoms with Crippen molar-refractivity contribution in [2.24, 2.45) is 5.41 Å². The van der Waals surface area contributed by atoms with Crippen LogP contribution in [0.3, 0.4) is 0 Å². The summed E-state index contributed by atoms with van der Waals surface area (Å²) < 4.78 is 5.44. The SMILES string of the molecule is CNCC1(Cc2cscn2)CCOCC1. The topological polar surface area (TPSA) is 34.2 Å². The number of thiazole rings is 1. The molecule has 4 heteroatoms. The Hall–Kier alpha value is -0.450. The van der Waals surface area contributed by atoms with Gasteiger partial charge in [0.1, 0.15) is 0 Å². The molecule has 0 unspecified atom stereocenters. The van der Waals surface area contributed by atoms with Crippen molar-refractivity contribution in [2.75, 3.05) is 26.8 Å². The molecular formula is C11H18N2OS. The zero-order valence-corrected chi connectivity index (χ0v) is 9.98. The van der Waals surface area contributed by atoms with Crippen molar-refractivity contribution in [1.29, 1.82) is 0 Å². The van der Waals surface area contributed by atoms with Gasteiger partial charge in [0.05, 0.1) is 11.2 Å². The minimum Gasteiger partial charge on any atom is -0.381 e. The average molecular weight is 226 g/mol. The summed E-state index contributed by atoms with van der Waals surface area (Å²) in [4.78, 5) is 4.39. The molecule has 1 aliphatic rings. The van der Waals surface area contributed by atoms with Crippen molar-refractivity contribution in [3.8, 4) is 0 Å². The van der Waals surface area contributed by atoms with Crippen LogP contribution in [-0.4, -0.2) is 31.8 Å². The minimum absolute atomic E-state index is 0.362. The smallest absolute Gasteiger partial charge is 0.0794 e. The number of nitrogens with zero attached hydrogens (tertiary/aromatic N) is 1. The fourth-order valence-electron chi connectivity index (χ4n) is 2.30. The molecule has 1 aliphatic heterocycles. The molecular weight excluding hydrogens is 208 g/mol. The Morgan fingerprint density at radius 3 is 2.93 bits per heavy atom. The Morgan fingerprint density at radius 2 is 2.33 bits per heavy atom. The molecule has 0 amide bonds. The van der Waals surface area contributed by atoms with E-state index in [-0.39, 0.29) is 0 Å². The van der Waals surface area contributed by atoms with Gasteiger partial charge in [-0.05, 0) is 31.7 Å². The van der Waals surface area contributed by atoms with Gasteiger partial charge in [0.25, 0.3) is 0 Å². The van der Waals surface area contributed by atoms with Crippen molar-refractivity contribution in [1.82, 2.24) is 10.3 Å². The lowest BCUT2D eigenvalue weighted by Crippen LogP contribution is -2.39. The second-order valence-corrected chi connectivity index (χ2v) is 5.02. The molecule has 0 spiro atoms. The Kier molecular flexibility index (Phi) is 3.72. The summed E-state index contributed by atoms with van der Waals surface area (Å²) in [5.41, 5.74) is 3.51. The van der Waals surface area contributed by atoms with E-state index in [0.29, 0.717) is 5.41 Å². The third-order valence-corrected chi connectivity index (χ3v) is 3.78. The molecule has 2 rings (SSSR count). The highest BCUT2D eigenvalue weighted by Gasteiger charge is 2.32. The predicted molar refractivity (Wildman–Crippen MR) is 62.2 cm³/mol. The highest BCUT2D eigenvalue weighted by atomic mass is 32.1. The van der Waals surface area contributed by atoms with E-state index in [1.54, 1.807) is 11.3 Å². The molecule has 2 heterocycles. The largest absolute Gasteiger partial charge is 0.381 e. The van der Waals surface area contributed by atoms with Gasteiger partial charge in [-0.2, -0.15) is 0 Å². The zero-order chi connectivity index (χ0) is 10.6. The van der Waals surface area contributed by atoms with Crippen LogP contribution in [0.1, 0.15) is 18.5 Å². The summed E-state index contributed by atoms with van der Waals surface area (Å²) >= 11 is 1.68. The maximum absolute atomic E-state index is 5.44. The third kappa shape index (κ3) is 2.77. The fraction of sp³-hybridized carbons (Fsp3) is 0.727. The van der Waals surface area contributed by atoms with Gasteiger partial charge in [-0.25, -0.2) is 4.98 Å².